The SMILES string of the molecule is CN(C(=O)c1cc(F)ccc1-n1nccn1)[C@@H]1CCC[C@H]1Nc1nc2ccc(F)cc2s1. The molecule has 0 spiro atoms. The number of fused-ring (bicyclic) bond motifs is 1. The minimum Gasteiger partial charge on any atom is -0.357 e. The van der Waals surface area contributed by atoms with Crippen LogP contribution >= 0.6 is 11.3 Å². The average Bonchev–Trinajstić information content (AvgIpc) is 3.53. The number of rotatable bonds is 5. The summed E-state index contributed by atoms with van der Waals surface area (Å²) in [4.78, 5) is 20.9. The maximum atomic E-state index is 14.0. The second-order valence-electron chi connectivity index (χ2n) is 7.78. The summed E-state index contributed by atoms with van der Waals surface area (Å²) in [5.74, 6) is -1.10. The molecular formula is C22H20F2N6OS. The minimum absolute atomic E-state index is 0.0193. The topological polar surface area (TPSA) is 75.9 Å². The molecular weight excluding hydrogens is 434 g/mol. The van der Waals surface area contributed by atoms with Gasteiger partial charge in [-0.15, -0.1) is 0 Å². The number of amides is 1. The minimum atomic E-state index is -0.500. The lowest BCUT2D eigenvalue weighted by atomic mass is 10.1. The van der Waals surface area contributed by atoms with Crippen molar-refractivity contribution < 1.29 is 13.6 Å². The zero-order valence-corrected chi connectivity index (χ0v) is 18.0. The van der Waals surface area contributed by atoms with E-state index in [4.69, 9.17) is 0 Å². The van der Waals surface area contributed by atoms with Crippen LogP contribution in [0.3, 0.4) is 0 Å². The summed E-state index contributed by atoms with van der Waals surface area (Å²) >= 11 is 1.38. The first-order chi connectivity index (χ1) is 15.5. The van der Waals surface area contributed by atoms with Crippen LogP contribution in [0.2, 0.25) is 0 Å². The van der Waals surface area contributed by atoms with Crippen molar-refractivity contribution in [2.45, 2.75) is 31.3 Å². The first-order valence-corrected chi connectivity index (χ1v) is 11.1. The number of hydrogen-bond donors (Lipinski definition) is 1. The molecule has 2 aromatic heterocycles. The summed E-state index contributed by atoms with van der Waals surface area (Å²) in [7, 11) is 1.73. The summed E-state index contributed by atoms with van der Waals surface area (Å²) in [5.41, 5.74) is 1.35. The van der Waals surface area contributed by atoms with Gasteiger partial charge in [-0.2, -0.15) is 15.0 Å². The third-order valence-electron chi connectivity index (χ3n) is 5.78. The standard InChI is InChI=1S/C22H20F2N6OS/c1-29(21(31)15-11-13(23)6-8-18(15)30-25-9-10-26-30)19-4-2-3-16(19)27-22-28-17-7-5-14(24)12-20(17)32-22/h5-12,16,19H,2-4H2,1H3,(H,27,28)/t16-,19-/m1/s1. The van der Waals surface area contributed by atoms with Crippen LogP contribution in [-0.2, 0) is 0 Å². The van der Waals surface area contributed by atoms with Crippen LogP contribution in [0.4, 0.5) is 13.9 Å². The van der Waals surface area contributed by atoms with Gasteiger partial charge in [0.25, 0.3) is 5.91 Å². The Morgan fingerprint density at radius 1 is 1.12 bits per heavy atom. The van der Waals surface area contributed by atoms with Gasteiger partial charge in [0.15, 0.2) is 5.13 Å². The summed E-state index contributed by atoms with van der Waals surface area (Å²) < 4.78 is 28.3. The fourth-order valence-electron chi connectivity index (χ4n) is 4.23. The van der Waals surface area contributed by atoms with Crippen LogP contribution < -0.4 is 5.32 Å². The van der Waals surface area contributed by atoms with E-state index in [0.717, 1.165) is 29.5 Å². The van der Waals surface area contributed by atoms with Gasteiger partial charge in [0.1, 0.15) is 11.6 Å². The molecule has 2 atom stereocenters. The smallest absolute Gasteiger partial charge is 0.256 e. The van der Waals surface area contributed by atoms with Gasteiger partial charge in [0.05, 0.1) is 39.9 Å². The molecule has 0 radical (unpaired) electrons. The first kappa shape index (κ1) is 20.5. The highest BCUT2D eigenvalue weighted by atomic mass is 32.1. The van der Waals surface area contributed by atoms with Gasteiger partial charge in [-0.1, -0.05) is 11.3 Å². The lowest BCUT2D eigenvalue weighted by Gasteiger charge is -2.30. The molecule has 0 unspecified atom stereocenters. The molecule has 32 heavy (non-hydrogen) atoms. The van der Waals surface area contributed by atoms with Crippen LogP contribution in [0, 0.1) is 11.6 Å². The Morgan fingerprint density at radius 3 is 2.69 bits per heavy atom. The van der Waals surface area contributed by atoms with E-state index in [2.05, 4.69) is 20.5 Å². The number of nitrogens with one attached hydrogen (secondary N) is 1. The van der Waals surface area contributed by atoms with Gasteiger partial charge in [-0.25, -0.2) is 13.8 Å². The molecule has 5 rings (SSSR count). The van der Waals surface area contributed by atoms with E-state index in [1.165, 1.54) is 58.9 Å². The van der Waals surface area contributed by atoms with E-state index in [1.807, 2.05) is 0 Å². The predicted molar refractivity (Wildman–Crippen MR) is 118 cm³/mol. The number of likely N-dealkylation sites (N-methyl/N-ethyl adjacent to an activating group) is 1. The van der Waals surface area contributed by atoms with Gasteiger partial charge in [-0.05, 0) is 55.7 Å². The van der Waals surface area contributed by atoms with Gasteiger partial charge in [0, 0.05) is 13.1 Å². The highest BCUT2D eigenvalue weighted by molar-refractivity contribution is 7.22. The molecule has 0 bridgehead atoms. The molecule has 7 nitrogen and oxygen atoms in total. The molecule has 4 aromatic rings. The van der Waals surface area contributed by atoms with Crippen molar-refractivity contribution in [3.8, 4) is 5.69 Å². The second kappa shape index (κ2) is 8.27. The number of halogens is 2. The van der Waals surface area contributed by atoms with Crippen molar-refractivity contribution in [3.05, 3.63) is 66.0 Å². The largest absolute Gasteiger partial charge is 0.357 e. The monoisotopic (exact) mass is 454 g/mol. The van der Waals surface area contributed by atoms with Crippen molar-refractivity contribution in [1.29, 1.82) is 0 Å². The van der Waals surface area contributed by atoms with Crippen LogP contribution in [0.25, 0.3) is 15.9 Å². The maximum absolute atomic E-state index is 14.0. The molecule has 1 amide bonds. The number of aromatic nitrogens is 4. The van der Waals surface area contributed by atoms with E-state index in [-0.39, 0.29) is 29.4 Å². The Labute approximate surface area is 186 Å². The number of anilines is 1. The number of benzene rings is 2. The summed E-state index contributed by atoms with van der Waals surface area (Å²) in [6.07, 6.45) is 5.62. The van der Waals surface area contributed by atoms with Gasteiger partial charge >= 0.3 is 0 Å². The lowest BCUT2D eigenvalue weighted by molar-refractivity contribution is 0.0727. The zero-order chi connectivity index (χ0) is 22.2. The number of carbonyl (C=O) groups is 1. The zero-order valence-electron chi connectivity index (χ0n) is 17.2. The Morgan fingerprint density at radius 2 is 1.88 bits per heavy atom. The molecule has 164 valence electrons. The fourth-order valence-corrected chi connectivity index (χ4v) is 5.18. The summed E-state index contributed by atoms with van der Waals surface area (Å²) in [6.45, 7) is 0. The molecule has 2 heterocycles. The molecule has 1 fully saturated rings. The van der Waals surface area contributed by atoms with E-state index >= 15 is 0 Å². The van der Waals surface area contributed by atoms with E-state index in [9.17, 15) is 13.6 Å². The highest BCUT2D eigenvalue weighted by Gasteiger charge is 2.34. The molecule has 10 heteroatoms. The Hall–Kier alpha value is -3.40. The van der Waals surface area contributed by atoms with Crippen LogP contribution in [0.1, 0.15) is 29.6 Å². The van der Waals surface area contributed by atoms with Crippen molar-refractivity contribution in [2.24, 2.45) is 0 Å². The molecule has 1 aliphatic carbocycles. The molecule has 2 aromatic carbocycles. The quantitative estimate of drug-likeness (QED) is 0.488. The van der Waals surface area contributed by atoms with Crippen molar-refractivity contribution in [2.75, 3.05) is 12.4 Å². The van der Waals surface area contributed by atoms with Gasteiger partial charge in [0.2, 0.25) is 0 Å². The first-order valence-electron chi connectivity index (χ1n) is 10.3. The highest BCUT2D eigenvalue weighted by Crippen LogP contribution is 2.32. The van der Waals surface area contributed by atoms with Crippen molar-refractivity contribution in [3.63, 3.8) is 0 Å². The average molecular weight is 455 g/mol. The van der Waals surface area contributed by atoms with E-state index < -0.39 is 5.82 Å². The summed E-state index contributed by atoms with van der Waals surface area (Å²) in [6, 6.07) is 8.39. The molecule has 0 saturated heterocycles. The number of nitrogens with zero attached hydrogens (tertiary/aromatic N) is 5. The Balaban J connectivity index is 1.39. The Kier molecular flexibility index (Phi) is 5.30. The number of carbonyl (C=O) groups excluding carboxylic acids is 1. The second-order valence-corrected chi connectivity index (χ2v) is 8.81. The normalized spacial score (nSPS) is 18.2. The van der Waals surface area contributed by atoms with Crippen LogP contribution in [0.5, 0.6) is 0 Å². The maximum Gasteiger partial charge on any atom is 0.256 e. The molecule has 1 N–H and O–H groups in total. The summed E-state index contributed by atoms with van der Waals surface area (Å²) in [5, 5.41) is 12.3. The van der Waals surface area contributed by atoms with E-state index in [0.29, 0.717) is 10.8 Å². The Bertz CT molecular complexity index is 1270. The van der Waals surface area contributed by atoms with Crippen molar-refractivity contribution >= 4 is 32.6 Å². The number of thiazole rings is 1. The molecule has 0 aliphatic heterocycles. The lowest BCUT2D eigenvalue weighted by Crippen LogP contribution is -2.45. The molecule has 1 saturated carbocycles. The molecule has 1 aliphatic rings. The van der Waals surface area contributed by atoms with Crippen LogP contribution in [-0.4, -0.2) is 49.9 Å². The number of hydrogen-bond acceptors (Lipinski definition) is 6. The third-order valence-corrected chi connectivity index (χ3v) is 6.73. The van der Waals surface area contributed by atoms with E-state index in [1.54, 1.807) is 18.0 Å². The fraction of sp³-hybridized carbons (Fsp3) is 0.273. The predicted octanol–water partition coefficient (Wildman–Crippen LogP) is 4.26. The van der Waals surface area contributed by atoms with Crippen molar-refractivity contribution in [1.82, 2.24) is 24.9 Å². The van der Waals surface area contributed by atoms with Crippen LogP contribution in [0.15, 0.2) is 48.8 Å². The third kappa shape index (κ3) is 3.81. The van der Waals surface area contributed by atoms with Gasteiger partial charge in [-0.3, -0.25) is 4.79 Å². The van der Waals surface area contributed by atoms with Gasteiger partial charge < -0.3 is 10.2 Å².